The first-order valence-corrected chi connectivity index (χ1v) is 9.48. The first-order chi connectivity index (χ1) is 12.9. The van der Waals surface area contributed by atoms with Gasteiger partial charge in [-0.3, -0.25) is 15.1 Å². The van der Waals surface area contributed by atoms with Crippen molar-refractivity contribution in [2.45, 2.75) is 24.9 Å². The minimum atomic E-state index is -4.02. The summed E-state index contributed by atoms with van der Waals surface area (Å²) in [4.78, 5) is 14.4. The number of aromatic nitrogens is 1. The minimum Gasteiger partial charge on any atom is -0.468 e. The van der Waals surface area contributed by atoms with Gasteiger partial charge in [0.25, 0.3) is 5.69 Å². The number of rotatable bonds is 7. The smallest absolute Gasteiger partial charge is 0.270 e. The molecule has 2 heterocycles. The molecule has 140 valence electrons. The number of nitrogens with zero attached hydrogens (tertiary/aromatic N) is 3. The second kappa shape index (κ2) is 7.68. The molecular formula is C18H17N3O5S. The zero-order valence-corrected chi connectivity index (χ0v) is 15.3. The Balaban J connectivity index is 2.04. The highest BCUT2D eigenvalue weighted by molar-refractivity contribution is 7.89. The molecule has 2 aromatic heterocycles. The van der Waals surface area contributed by atoms with Gasteiger partial charge in [-0.05, 0) is 36.2 Å². The molecule has 1 aromatic carbocycles. The molecule has 0 unspecified atom stereocenters. The molecule has 3 rings (SSSR count). The van der Waals surface area contributed by atoms with Crippen LogP contribution in [0.5, 0.6) is 0 Å². The van der Waals surface area contributed by atoms with Crippen LogP contribution in [0.2, 0.25) is 0 Å². The van der Waals surface area contributed by atoms with E-state index < -0.39 is 14.9 Å². The fourth-order valence-electron chi connectivity index (χ4n) is 2.62. The second-order valence-corrected chi connectivity index (χ2v) is 7.83. The quantitative estimate of drug-likeness (QED) is 0.455. The van der Waals surface area contributed by atoms with Gasteiger partial charge in [0.15, 0.2) is 0 Å². The number of nitro groups is 1. The number of hydrogen-bond donors (Lipinski definition) is 0. The van der Waals surface area contributed by atoms with Gasteiger partial charge in [-0.25, -0.2) is 8.42 Å². The lowest BCUT2D eigenvalue weighted by Gasteiger charge is -2.22. The van der Waals surface area contributed by atoms with Gasteiger partial charge in [0, 0.05) is 31.1 Å². The number of pyridine rings is 1. The van der Waals surface area contributed by atoms with E-state index in [-0.39, 0.29) is 23.7 Å². The van der Waals surface area contributed by atoms with Crippen molar-refractivity contribution >= 4 is 15.7 Å². The Hall–Kier alpha value is -3.04. The summed E-state index contributed by atoms with van der Waals surface area (Å²) in [6.07, 6.45) is 4.63. The maximum atomic E-state index is 13.3. The van der Waals surface area contributed by atoms with E-state index in [2.05, 4.69) is 4.98 Å². The van der Waals surface area contributed by atoms with Crippen LogP contribution in [-0.4, -0.2) is 22.6 Å². The van der Waals surface area contributed by atoms with Crippen molar-refractivity contribution in [2.75, 3.05) is 0 Å². The Labute approximate surface area is 156 Å². The summed E-state index contributed by atoms with van der Waals surface area (Å²) in [5.41, 5.74) is 0.838. The van der Waals surface area contributed by atoms with E-state index in [0.717, 1.165) is 6.07 Å². The van der Waals surface area contributed by atoms with Crippen LogP contribution in [0.15, 0.2) is 70.4 Å². The number of hydrogen-bond acceptors (Lipinski definition) is 6. The normalized spacial score (nSPS) is 11.6. The third kappa shape index (κ3) is 4.21. The number of aryl methyl sites for hydroxylation is 1. The molecule has 0 saturated carbocycles. The van der Waals surface area contributed by atoms with Crippen LogP contribution in [0.4, 0.5) is 5.69 Å². The van der Waals surface area contributed by atoms with Crippen molar-refractivity contribution in [3.05, 3.63) is 88.1 Å². The average molecular weight is 387 g/mol. The van der Waals surface area contributed by atoms with E-state index in [9.17, 15) is 18.5 Å². The maximum Gasteiger partial charge on any atom is 0.270 e. The van der Waals surface area contributed by atoms with E-state index in [1.54, 1.807) is 43.6 Å². The van der Waals surface area contributed by atoms with Crippen molar-refractivity contribution in [3.63, 3.8) is 0 Å². The first kappa shape index (κ1) is 18.7. The van der Waals surface area contributed by atoms with Crippen molar-refractivity contribution in [1.82, 2.24) is 9.29 Å². The Kier molecular flexibility index (Phi) is 5.33. The molecule has 0 saturated heterocycles. The second-order valence-electron chi connectivity index (χ2n) is 5.92. The van der Waals surface area contributed by atoms with Gasteiger partial charge in [-0.2, -0.15) is 4.31 Å². The zero-order chi connectivity index (χ0) is 19.4. The van der Waals surface area contributed by atoms with Crippen LogP contribution in [0, 0.1) is 17.0 Å². The lowest BCUT2D eigenvalue weighted by molar-refractivity contribution is -0.385. The summed E-state index contributed by atoms with van der Waals surface area (Å²) < 4.78 is 33.1. The molecule has 0 spiro atoms. The SMILES string of the molecule is Cc1ccc([N+](=O)[O-])cc1S(=O)(=O)N(Cc1cccnc1)Cc1ccco1. The molecule has 0 atom stereocenters. The van der Waals surface area contributed by atoms with Gasteiger partial charge >= 0.3 is 0 Å². The minimum absolute atomic E-state index is 0.00758. The lowest BCUT2D eigenvalue weighted by Crippen LogP contribution is -2.30. The largest absolute Gasteiger partial charge is 0.468 e. The molecule has 0 radical (unpaired) electrons. The van der Waals surface area contributed by atoms with Gasteiger partial charge in [-0.1, -0.05) is 12.1 Å². The molecule has 3 aromatic rings. The number of sulfonamides is 1. The van der Waals surface area contributed by atoms with Crippen LogP contribution in [0.1, 0.15) is 16.9 Å². The van der Waals surface area contributed by atoms with Crippen molar-refractivity contribution in [2.24, 2.45) is 0 Å². The molecule has 27 heavy (non-hydrogen) atoms. The molecule has 0 N–H and O–H groups in total. The summed E-state index contributed by atoms with van der Waals surface area (Å²) in [6.45, 7) is 1.65. The predicted octanol–water partition coefficient (Wildman–Crippen LogP) is 3.28. The molecule has 0 bridgehead atoms. The van der Waals surface area contributed by atoms with Crippen LogP contribution in [0.25, 0.3) is 0 Å². The van der Waals surface area contributed by atoms with Gasteiger partial charge in [0.05, 0.1) is 22.6 Å². The van der Waals surface area contributed by atoms with E-state index in [1.165, 1.54) is 22.7 Å². The third-order valence-electron chi connectivity index (χ3n) is 3.99. The molecule has 0 fully saturated rings. The van der Waals surface area contributed by atoms with Gasteiger partial charge in [-0.15, -0.1) is 0 Å². The van der Waals surface area contributed by atoms with E-state index in [4.69, 9.17) is 4.42 Å². The highest BCUT2D eigenvalue weighted by Gasteiger charge is 2.29. The summed E-state index contributed by atoms with van der Waals surface area (Å²) in [5, 5.41) is 11.1. The van der Waals surface area contributed by atoms with Crippen LogP contribution in [0.3, 0.4) is 0 Å². The van der Waals surface area contributed by atoms with Crippen molar-refractivity contribution in [3.8, 4) is 0 Å². The van der Waals surface area contributed by atoms with E-state index in [1.807, 2.05) is 0 Å². The number of nitro benzene ring substituents is 1. The molecule has 9 heteroatoms. The Morgan fingerprint density at radius 1 is 1.19 bits per heavy atom. The molecule has 0 aliphatic carbocycles. The molecule has 0 aliphatic heterocycles. The number of non-ortho nitro benzene ring substituents is 1. The average Bonchev–Trinajstić information content (AvgIpc) is 3.15. The predicted molar refractivity (Wildman–Crippen MR) is 97.2 cm³/mol. The van der Waals surface area contributed by atoms with Crippen LogP contribution in [-0.2, 0) is 23.1 Å². The first-order valence-electron chi connectivity index (χ1n) is 8.04. The molecule has 0 aliphatic rings. The highest BCUT2D eigenvalue weighted by Crippen LogP contribution is 2.27. The summed E-state index contributed by atoms with van der Waals surface area (Å²) in [6, 6.07) is 10.6. The molecule has 0 amide bonds. The van der Waals surface area contributed by atoms with Crippen molar-refractivity contribution in [1.29, 1.82) is 0 Å². The summed E-state index contributed by atoms with van der Waals surface area (Å²) in [7, 11) is -4.02. The Bertz CT molecular complexity index is 1030. The maximum absolute atomic E-state index is 13.3. The topological polar surface area (TPSA) is 107 Å². The standard InChI is InChI=1S/C18H17N3O5S/c1-14-6-7-16(21(22)23)10-18(14)27(24,25)20(13-17-5-3-9-26-17)12-15-4-2-8-19-11-15/h2-11H,12-13H2,1H3. The van der Waals surface area contributed by atoms with Crippen LogP contribution >= 0.6 is 0 Å². The Morgan fingerprint density at radius 2 is 2.00 bits per heavy atom. The fraction of sp³-hybridized carbons (Fsp3) is 0.167. The monoisotopic (exact) mass is 387 g/mol. The highest BCUT2D eigenvalue weighted by atomic mass is 32.2. The number of furan rings is 1. The summed E-state index contributed by atoms with van der Waals surface area (Å²) >= 11 is 0. The molecular weight excluding hydrogens is 370 g/mol. The van der Waals surface area contributed by atoms with Gasteiger partial charge in [0.1, 0.15) is 5.76 Å². The van der Waals surface area contributed by atoms with Crippen molar-refractivity contribution < 1.29 is 17.8 Å². The fourth-order valence-corrected chi connectivity index (χ4v) is 4.26. The van der Waals surface area contributed by atoms with E-state index >= 15 is 0 Å². The zero-order valence-electron chi connectivity index (χ0n) is 14.5. The van der Waals surface area contributed by atoms with Crippen LogP contribution < -0.4 is 0 Å². The Morgan fingerprint density at radius 3 is 2.63 bits per heavy atom. The molecule has 8 nitrogen and oxygen atoms in total. The summed E-state index contributed by atoms with van der Waals surface area (Å²) in [5.74, 6) is 0.463. The number of benzene rings is 1. The third-order valence-corrected chi connectivity index (χ3v) is 5.93. The van der Waals surface area contributed by atoms with Gasteiger partial charge < -0.3 is 4.42 Å². The lowest BCUT2D eigenvalue weighted by atomic mass is 10.2. The van der Waals surface area contributed by atoms with E-state index in [0.29, 0.717) is 16.9 Å². The van der Waals surface area contributed by atoms with Gasteiger partial charge in [0.2, 0.25) is 10.0 Å².